The van der Waals surface area contributed by atoms with Crippen molar-refractivity contribution in [2.24, 2.45) is 5.41 Å². The molecule has 0 spiro atoms. The molecule has 1 aromatic rings. The molecule has 1 atom stereocenters. The van der Waals surface area contributed by atoms with Crippen LogP contribution in [0, 0.1) is 5.41 Å². The molecule has 0 aromatic heterocycles. The van der Waals surface area contributed by atoms with Crippen molar-refractivity contribution in [3.8, 4) is 5.75 Å². The number of aryl methyl sites for hydroxylation is 1. The van der Waals surface area contributed by atoms with E-state index in [0.29, 0.717) is 6.42 Å². The van der Waals surface area contributed by atoms with Crippen molar-refractivity contribution in [3.05, 3.63) is 35.4 Å². The second-order valence-electron chi connectivity index (χ2n) is 5.30. The first-order valence-electron chi connectivity index (χ1n) is 6.61. The Morgan fingerprint density at radius 2 is 2.10 bits per heavy atom. The quantitative estimate of drug-likeness (QED) is 0.774. The van der Waals surface area contributed by atoms with E-state index in [1.54, 1.807) is 13.2 Å². The number of benzene rings is 1. The molecule has 0 unspecified atom stereocenters. The summed E-state index contributed by atoms with van der Waals surface area (Å²) in [6, 6.07) is 5.76. The molecule has 0 saturated heterocycles. The molecule has 0 radical (unpaired) electrons. The molecule has 3 rings (SSSR count). The van der Waals surface area contributed by atoms with Crippen LogP contribution in [0.25, 0.3) is 5.57 Å². The van der Waals surface area contributed by atoms with Gasteiger partial charge in [-0.2, -0.15) is 0 Å². The monoisotopic (exact) mass is 272 g/mol. The van der Waals surface area contributed by atoms with Crippen LogP contribution in [-0.4, -0.2) is 26.0 Å². The summed E-state index contributed by atoms with van der Waals surface area (Å²) in [6.45, 7) is 0. The first-order chi connectivity index (χ1) is 9.60. The zero-order valence-corrected chi connectivity index (χ0v) is 11.6. The van der Waals surface area contributed by atoms with Crippen LogP contribution >= 0.6 is 0 Å². The van der Waals surface area contributed by atoms with E-state index in [1.807, 2.05) is 18.2 Å². The van der Waals surface area contributed by atoms with Gasteiger partial charge in [0.25, 0.3) is 0 Å². The number of hydrogen-bond donors (Lipinski definition) is 0. The smallest absolute Gasteiger partial charge is 0.316 e. The zero-order valence-electron chi connectivity index (χ0n) is 11.6. The van der Waals surface area contributed by atoms with Gasteiger partial charge in [-0.3, -0.25) is 9.59 Å². The number of esters is 1. The topological polar surface area (TPSA) is 52.6 Å². The average Bonchev–Trinajstić information content (AvgIpc) is 2.83. The molecule has 0 amide bonds. The number of hydrogen-bond acceptors (Lipinski definition) is 4. The molecule has 0 bridgehead atoms. The molecule has 0 aliphatic heterocycles. The molecule has 4 nitrogen and oxygen atoms in total. The Morgan fingerprint density at radius 3 is 2.80 bits per heavy atom. The van der Waals surface area contributed by atoms with Gasteiger partial charge >= 0.3 is 5.97 Å². The van der Waals surface area contributed by atoms with Gasteiger partial charge in [-0.15, -0.1) is 0 Å². The number of methoxy groups -OCH3 is 2. The minimum atomic E-state index is -0.784. The highest BCUT2D eigenvalue weighted by atomic mass is 16.5. The minimum absolute atomic E-state index is 0.00549. The predicted molar refractivity (Wildman–Crippen MR) is 73.4 cm³/mol. The van der Waals surface area contributed by atoms with Crippen molar-refractivity contribution < 1.29 is 19.1 Å². The van der Waals surface area contributed by atoms with E-state index in [4.69, 9.17) is 9.47 Å². The second-order valence-corrected chi connectivity index (χ2v) is 5.30. The highest BCUT2D eigenvalue weighted by molar-refractivity contribution is 6.12. The van der Waals surface area contributed by atoms with Crippen LogP contribution < -0.4 is 4.74 Å². The number of carbonyl (C=O) groups is 2. The van der Waals surface area contributed by atoms with E-state index in [-0.39, 0.29) is 18.2 Å². The van der Waals surface area contributed by atoms with Gasteiger partial charge in [0, 0.05) is 6.42 Å². The molecule has 104 valence electrons. The maximum atomic E-state index is 12.2. The van der Waals surface area contributed by atoms with Crippen molar-refractivity contribution in [1.82, 2.24) is 0 Å². The third kappa shape index (κ3) is 1.68. The van der Waals surface area contributed by atoms with Crippen molar-refractivity contribution in [1.29, 1.82) is 0 Å². The second kappa shape index (κ2) is 4.47. The lowest BCUT2D eigenvalue weighted by atomic mass is 9.69. The van der Waals surface area contributed by atoms with Crippen LogP contribution in [0.15, 0.2) is 24.3 Å². The lowest BCUT2D eigenvalue weighted by Crippen LogP contribution is -2.35. The van der Waals surface area contributed by atoms with E-state index in [2.05, 4.69) is 0 Å². The fourth-order valence-corrected chi connectivity index (χ4v) is 3.30. The van der Waals surface area contributed by atoms with E-state index in [9.17, 15) is 9.59 Å². The van der Waals surface area contributed by atoms with Gasteiger partial charge in [0.05, 0.1) is 14.2 Å². The molecule has 2 aliphatic carbocycles. The fraction of sp³-hybridized carbons (Fsp3) is 0.375. The highest BCUT2D eigenvalue weighted by Crippen LogP contribution is 2.52. The summed E-state index contributed by atoms with van der Waals surface area (Å²) < 4.78 is 10.2. The first kappa shape index (κ1) is 12.9. The zero-order chi connectivity index (χ0) is 14.3. The Hall–Kier alpha value is -2.10. The van der Waals surface area contributed by atoms with E-state index in [1.165, 1.54) is 7.11 Å². The maximum absolute atomic E-state index is 12.2. The van der Waals surface area contributed by atoms with Crippen LogP contribution in [0.4, 0.5) is 0 Å². The maximum Gasteiger partial charge on any atom is 0.316 e. The Balaban J connectivity index is 2.14. The third-order valence-electron chi connectivity index (χ3n) is 4.30. The summed E-state index contributed by atoms with van der Waals surface area (Å²) >= 11 is 0. The van der Waals surface area contributed by atoms with Crippen molar-refractivity contribution in [2.75, 3.05) is 14.2 Å². The number of carbonyl (C=O) groups excluding carboxylic acids is 2. The molecule has 0 fully saturated rings. The lowest BCUT2D eigenvalue weighted by Gasteiger charge is -2.34. The summed E-state index contributed by atoms with van der Waals surface area (Å²) in [6.07, 6.45) is 3.17. The number of fused-ring (bicyclic) bond motifs is 3. The summed E-state index contributed by atoms with van der Waals surface area (Å²) in [5, 5.41) is 0. The summed E-state index contributed by atoms with van der Waals surface area (Å²) in [7, 11) is 3.00. The summed E-state index contributed by atoms with van der Waals surface area (Å²) in [5.74, 6) is 0.476. The van der Waals surface area contributed by atoms with Crippen LogP contribution in [0.5, 0.6) is 5.75 Å². The molecule has 20 heavy (non-hydrogen) atoms. The van der Waals surface area contributed by atoms with Gasteiger partial charge < -0.3 is 9.47 Å². The standard InChI is InChI=1S/C16H16O4/c1-19-12-3-4-13-10(7-12)5-6-16(15(18)20-2)9-11(17)8-14(13)16/h3-4,7-8H,5-6,9H2,1-2H3/t16-/m1/s1. The molecule has 4 heteroatoms. The lowest BCUT2D eigenvalue weighted by molar-refractivity contribution is -0.150. The Kier molecular flexibility index (Phi) is 2.89. The Bertz CT molecular complexity index is 629. The van der Waals surface area contributed by atoms with E-state index >= 15 is 0 Å². The molecular weight excluding hydrogens is 256 g/mol. The van der Waals surface area contributed by atoms with Crippen molar-refractivity contribution in [2.45, 2.75) is 19.3 Å². The average molecular weight is 272 g/mol. The SMILES string of the molecule is COC(=O)[C@@]12CCc3cc(OC)ccc3C1=CC(=O)C2. The van der Waals surface area contributed by atoms with Gasteiger partial charge in [-0.1, -0.05) is 6.07 Å². The normalized spacial score (nSPS) is 23.7. The van der Waals surface area contributed by atoms with Gasteiger partial charge in [-0.05, 0) is 47.8 Å². The van der Waals surface area contributed by atoms with Gasteiger partial charge in [0.1, 0.15) is 11.2 Å². The van der Waals surface area contributed by atoms with Gasteiger partial charge in [-0.25, -0.2) is 0 Å². The summed E-state index contributed by atoms with van der Waals surface area (Å²) in [5.41, 5.74) is 2.10. The molecule has 0 saturated carbocycles. The number of allylic oxidation sites excluding steroid dienone is 1. The predicted octanol–water partition coefficient (Wildman–Crippen LogP) is 2.16. The third-order valence-corrected chi connectivity index (χ3v) is 4.30. The van der Waals surface area contributed by atoms with Crippen LogP contribution in [0.1, 0.15) is 24.0 Å². The van der Waals surface area contributed by atoms with Crippen LogP contribution in [0.2, 0.25) is 0 Å². The molecule has 2 aliphatic rings. The number of ether oxygens (including phenoxy) is 2. The summed E-state index contributed by atoms with van der Waals surface area (Å²) in [4.78, 5) is 24.1. The largest absolute Gasteiger partial charge is 0.497 e. The Morgan fingerprint density at radius 1 is 1.30 bits per heavy atom. The first-order valence-corrected chi connectivity index (χ1v) is 6.61. The van der Waals surface area contributed by atoms with Gasteiger partial charge in [0.2, 0.25) is 0 Å². The highest BCUT2D eigenvalue weighted by Gasteiger charge is 2.51. The molecule has 1 aromatic carbocycles. The molecule has 0 heterocycles. The van der Waals surface area contributed by atoms with Gasteiger partial charge in [0.15, 0.2) is 5.78 Å². The Labute approximate surface area is 117 Å². The van der Waals surface area contributed by atoms with E-state index < -0.39 is 5.41 Å². The van der Waals surface area contributed by atoms with Crippen LogP contribution in [0.3, 0.4) is 0 Å². The fourth-order valence-electron chi connectivity index (χ4n) is 3.30. The minimum Gasteiger partial charge on any atom is -0.497 e. The molecular formula is C16H16O4. The molecule has 0 N–H and O–H groups in total. The van der Waals surface area contributed by atoms with Crippen molar-refractivity contribution in [3.63, 3.8) is 0 Å². The van der Waals surface area contributed by atoms with Crippen molar-refractivity contribution >= 4 is 17.3 Å². The number of rotatable bonds is 2. The number of ketones is 1. The van der Waals surface area contributed by atoms with Crippen LogP contribution in [-0.2, 0) is 20.7 Å². The van der Waals surface area contributed by atoms with E-state index in [0.717, 1.165) is 28.9 Å².